The zero-order chi connectivity index (χ0) is 22.6. The first-order chi connectivity index (χ1) is 15.3. The molecule has 3 aromatic carbocycles. The molecular formula is C24H13F3N2O3. The number of hydrogen-bond acceptors (Lipinski definition) is 4. The van der Waals surface area contributed by atoms with Crippen molar-refractivity contribution < 1.29 is 27.9 Å². The zero-order valence-electron chi connectivity index (χ0n) is 16.2. The lowest BCUT2D eigenvalue weighted by Crippen LogP contribution is -2.30. The maximum atomic E-state index is 13.6. The molecule has 8 heteroatoms. The van der Waals surface area contributed by atoms with Crippen molar-refractivity contribution in [3.63, 3.8) is 0 Å². The molecule has 5 rings (SSSR count). The molecule has 0 saturated heterocycles. The number of carbonyl (C=O) groups is 2. The van der Waals surface area contributed by atoms with Crippen LogP contribution in [0.2, 0.25) is 0 Å². The van der Waals surface area contributed by atoms with E-state index in [2.05, 4.69) is 4.98 Å². The summed E-state index contributed by atoms with van der Waals surface area (Å²) in [5.74, 6) is -1.31. The van der Waals surface area contributed by atoms with Crippen LogP contribution in [0.15, 0.2) is 72.9 Å². The van der Waals surface area contributed by atoms with Crippen molar-refractivity contribution >= 4 is 28.4 Å². The Bertz CT molecular complexity index is 1390. The van der Waals surface area contributed by atoms with Crippen molar-refractivity contribution in [3.8, 4) is 16.9 Å². The minimum absolute atomic E-state index is 0.0358. The lowest BCUT2D eigenvalue weighted by molar-refractivity contribution is -0.136. The van der Waals surface area contributed by atoms with E-state index in [0.29, 0.717) is 5.56 Å². The first-order valence-corrected chi connectivity index (χ1v) is 9.53. The van der Waals surface area contributed by atoms with Gasteiger partial charge in [0.15, 0.2) is 0 Å². The average Bonchev–Trinajstić information content (AvgIpc) is 3.02. The van der Waals surface area contributed by atoms with Gasteiger partial charge in [0.05, 0.1) is 34.1 Å². The van der Waals surface area contributed by atoms with Crippen LogP contribution >= 0.6 is 0 Å². The van der Waals surface area contributed by atoms with Gasteiger partial charge in [-0.15, -0.1) is 0 Å². The van der Waals surface area contributed by atoms with Crippen LogP contribution in [0.1, 0.15) is 26.3 Å². The van der Waals surface area contributed by atoms with E-state index in [1.165, 1.54) is 42.5 Å². The molecule has 4 aromatic rings. The van der Waals surface area contributed by atoms with E-state index in [0.717, 1.165) is 17.2 Å². The fraction of sp³-hybridized carbons (Fsp3) is 0.0417. The number of phenols is 1. The molecule has 1 aliphatic heterocycles. The molecule has 5 nitrogen and oxygen atoms in total. The maximum Gasteiger partial charge on any atom is 0.418 e. The summed E-state index contributed by atoms with van der Waals surface area (Å²) in [6, 6.07) is 15.8. The number of para-hydroxylation sites is 1. The SMILES string of the molecule is O=C1c2ccccc2C(=O)N1c1cnc2c(C(F)(F)F)cccc2c1-c1cccc(O)c1. The second-order valence-corrected chi connectivity index (χ2v) is 7.26. The van der Waals surface area contributed by atoms with E-state index >= 15 is 0 Å². The molecule has 0 bridgehead atoms. The third kappa shape index (κ3) is 2.91. The Morgan fingerprint density at radius 2 is 1.50 bits per heavy atom. The molecule has 0 fully saturated rings. The van der Waals surface area contributed by atoms with Gasteiger partial charge in [-0.1, -0.05) is 36.4 Å². The lowest BCUT2D eigenvalue weighted by atomic mass is 9.96. The number of phenolic OH excluding ortho intramolecular Hbond substituents is 1. The van der Waals surface area contributed by atoms with Gasteiger partial charge in [0.2, 0.25) is 0 Å². The number of aromatic nitrogens is 1. The Kier molecular flexibility index (Phi) is 4.27. The van der Waals surface area contributed by atoms with Gasteiger partial charge in [-0.05, 0) is 35.9 Å². The number of rotatable bonds is 2. The standard InChI is InChI=1S/C24H13F3N2O3/c25-24(26,27)18-10-4-9-17-20(13-5-3-6-14(30)11-13)19(12-28-21(17)18)29-22(31)15-7-1-2-8-16(15)23(29)32/h1-12,30H. The van der Waals surface area contributed by atoms with Crippen molar-refractivity contribution in [1.29, 1.82) is 0 Å². The predicted molar refractivity (Wildman–Crippen MR) is 111 cm³/mol. The highest BCUT2D eigenvalue weighted by atomic mass is 19.4. The van der Waals surface area contributed by atoms with Crippen LogP contribution in [0, 0.1) is 0 Å². The Morgan fingerprint density at radius 1 is 0.844 bits per heavy atom. The van der Waals surface area contributed by atoms with E-state index in [-0.39, 0.29) is 39.0 Å². The van der Waals surface area contributed by atoms with Gasteiger partial charge >= 0.3 is 6.18 Å². The van der Waals surface area contributed by atoms with Crippen molar-refractivity contribution in [3.05, 3.63) is 89.6 Å². The predicted octanol–water partition coefficient (Wildman–Crippen LogP) is 5.43. The van der Waals surface area contributed by atoms with Crippen molar-refractivity contribution in [1.82, 2.24) is 4.98 Å². The number of nitrogens with zero attached hydrogens (tertiary/aromatic N) is 2. The second-order valence-electron chi connectivity index (χ2n) is 7.26. The molecule has 0 atom stereocenters. The summed E-state index contributed by atoms with van der Waals surface area (Å²) in [7, 11) is 0. The van der Waals surface area contributed by atoms with Gasteiger partial charge in [0.25, 0.3) is 11.8 Å². The highest BCUT2D eigenvalue weighted by molar-refractivity contribution is 6.35. The van der Waals surface area contributed by atoms with Gasteiger partial charge in [-0.3, -0.25) is 14.6 Å². The number of amides is 2. The van der Waals surface area contributed by atoms with Crippen molar-refractivity contribution in [2.45, 2.75) is 6.18 Å². The van der Waals surface area contributed by atoms with E-state index in [1.807, 2.05) is 0 Å². The zero-order valence-corrected chi connectivity index (χ0v) is 16.2. The smallest absolute Gasteiger partial charge is 0.418 e. The molecule has 0 unspecified atom stereocenters. The number of alkyl halides is 3. The number of halogens is 3. The average molecular weight is 434 g/mol. The van der Waals surface area contributed by atoms with E-state index in [1.54, 1.807) is 18.2 Å². The number of fused-ring (bicyclic) bond motifs is 2. The summed E-state index contributed by atoms with van der Waals surface area (Å²) in [5, 5.41) is 10.1. The van der Waals surface area contributed by atoms with Crippen LogP contribution in [-0.2, 0) is 6.18 Å². The van der Waals surface area contributed by atoms with Crippen LogP contribution in [0.3, 0.4) is 0 Å². The minimum atomic E-state index is -4.65. The van der Waals surface area contributed by atoms with Crippen molar-refractivity contribution in [2.75, 3.05) is 4.90 Å². The first-order valence-electron chi connectivity index (χ1n) is 9.53. The van der Waals surface area contributed by atoms with E-state index < -0.39 is 23.6 Å². The molecule has 0 radical (unpaired) electrons. The first kappa shape index (κ1) is 19.7. The summed E-state index contributed by atoms with van der Waals surface area (Å²) in [4.78, 5) is 31.1. The fourth-order valence-electron chi connectivity index (χ4n) is 3.98. The molecule has 0 saturated carbocycles. The summed E-state index contributed by atoms with van der Waals surface area (Å²) in [6.07, 6.45) is -3.56. The van der Waals surface area contributed by atoms with Crippen LogP contribution in [0.4, 0.5) is 18.9 Å². The highest BCUT2D eigenvalue weighted by Gasteiger charge is 2.39. The third-order valence-electron chi connectivity index (χ3n) is 5.35. The molecule has 2 amide bonds. The van der Waals surface area contributed by atoms with Gasteiger partial charge in [-0.25, -0.2) is 4.90 Å². The largest absolute Gasteiger partial charge is 0.508 e. The molecule has 0 aliphatic carbocycles. The van der Waals surface area contributed by atoms with Gasteiger partial charge in [0.1, 0.15) is 5.75 Å². The van der Waals surface area contributed by atoms with Gasteiger partial charge in [0, 0.05) is 10.9 Å². The summed E-state index contributed by atoms with van der Waals surface area (Å²) in [5.41, 5.74) is -0.306. The molecule has 32 heavy (non-hydrogen) atoms. The Morgan fingerprint density at radius 3 is 2.12 bits per heavy atom. The molecule has 1 N–H and O–H groups in total. The highest BCUT2D eigenvalue weighted by Crippen LogP contribution is 2.43. The normalized spacial score (nSPS) is 13.7. The number of imide groups is 1. The molecule has 158 valence electrons. The van der Waals surface area contributed by atoms with E-state index in [9.17, 15) is 27.9 Å². The van der Waals surface area contributed by atoms with Crippen LogP contribution in [-0.4, -0.2) is 21.9 Å². The van der Waals surface area contributed by atoms with Gasteiger partial charge < -0.3 is 5.11 Å². The number of hydrogen-bond donors (Lipinski definition) is 1. The number of pyridine rings is 1. The Labute approximate surface area is 179 Å². The monoisotopic (exact) mass is 434 g/mol. The molecule has 1 aliphatic rings. The van der Waals surface area contributed by atoms with Crippen LogP contribution in [0.25, 0.3) is 22.0 Å². The molecule has 2 heterocycles. The van der Waals surface area contributed by atoms with Crippen LogP contribution in [0.5, 0.6) is 5.75 Å². The number of aromatic hydroxyl groups is 1. The number of anilines is 1. The summed E-state index contributed by atoms with van der Waals surface area (Å²) < 4.78 is 40.9. The van der Waals surface area contributed by atoms with Gasteiger partial charge in [-0.2, -0.15) is 13.2 Å². The van der Waals surface area contributed by atoms with Crippen LogP contribution < -0.4 is 4.90 Å². The van der Waals surface area contributed by atoms with Crippen molar-refractivity contribution in [2.24, 2.45) is 0 Å². The number of carbonyl (C=O) groups excluding carboxylic acids is 2. The summed E-state index contributed by atoms with van der Waals surface area (Å²) in [6.45, 7) is 0. The minimum Gasteiger partial charge on any atom is -0.508 e. The quantitative estimate of drug-likeness (QED) is 0.428. The topological polar surface area (TPSA) is 70.5 Å². The Hall–Kier alpha value is -4.20. The third-order valence-corrected chi connectivity index (χ3v) is 5.35. The van der Waals surface area contributed by atoms with E-state index in [4.69, 9.17) is 0 Å². The fourth-order valence-corrected chi connectivity index (χ4v) is 3.98. The number of benzene rings is 3. The molecule has 1 aromatic heterocycles. The maximum absolute atomic E-state index is 13.6. The lowest BCUT2D eigenvalue weighted by Gasteiger charge is -2.21. The molecular weight excluding hydrogens is 421 g/mol. The second kappa shape index (κ2) is 6.91. The summed E-state index contributed by atoms with van der Waals surface area (Å²) >= 11 is 0. The Balaban J connectivity index is 1.84. The molecule has 0 spiro atoms.